The summed E-state index contributed by atoms with van der Waals surface area (Å²) in [5.41, 5.74) is 0.286. The summed E-state index contributed by atoms with van der Waals surface area (Å²) in [6.45, 7) is 16.4. The maximum atomic E-state index is 3.63. The van der Waals surface area contributed by atoms with Gasteiger partial charge in [-0.1, -0.05) is 20.3 Å². The van der Waals surface area contributed by atoms with Gasteiger partial charge in [-0.15, -0.1) is 0 Å². The number of rotatable bonds is 6. The zero-order valence-corrected chi connectivity index (χ0v) is 12.4. The van der Waals surface area contributed by atoms with Crippen molar-refractivity contribution < 1.29 is 0 Å². The first-order valence-electron chi connectivity index (χ1n) is 7.10. The largest absolute Gasteiger partial charge is 0.315 e. The Morgan fingerprint density at radius 2 is 1.76 bits per heavy atom. The quantitative estimate of drug-likeness (QED) is 0.763. The zero-order valence-electron chi connectivity index (χ0n) is 12.4. The number of piperazine rings is 1. The molecule has 0 saturated carbocycles. The van der Waals surface area contributed by atoms with Gasteiger partial charge in [-0.2, -0.15) is 0 Å². The number of likely N-dealkylation sites (N-methyl/N-ethyl adjacent to an activating group) is 1. The molecule has 1 atom stereocenters. The molecular formula is C14H31N3. The first-order chi connectivity index (χ1) is 7.95. The average Bonchev–Trinajstić information content (AvgIpc) is 2.29. The molecule has 0 aromatic carbocycles. The molecule has 0 aromatic heterocycles. The second-order valence-corrected chi connectivity index (χ2v) is 6.25. The van der Waals surface area contributed by atoms with Crippen molar-refractivity contribution in [2.45, 2.75) is 39.7 Å². The van der Waals surface area contributed by atoms with E-state index in [0.717, 1.165) is 19.0 Å². The van der Waals surface area contributed by atoms with Crippen LogP contribution in [0.4, 0.5) is 0 Å². The van der Waals surface area contributed by atoms with Crippen molar-refractivity contribution in [1.82, 2.24) is 15.1 Å². The average molecular weight is 241 g/mol. The van der Waals surface area contributed by atoms with Crippen LogP contribution in [0.3, 0.4) is 0 Å². The van der Waals surface area contributed by atoms with Crippen molar-refractivity contribution >= 4 is 0 Å². The zero-order chi connectivity index (χ0) is 12.9. The second kappa shape index (κ2) is 6.72. The molecule has 1 rings (SSSR count). The van der Waals surface area contributed by atoms with E-state index in [-0.39, 0.29) is 5.54 Å². The number of hydrogen-bond acceptors (Lipinski definition) is 3. The summed E-state index contributed by atoms with van der Waals surface area (Å²) in [5, 5.41) is 3.63. The smallest absolute Gasteiger partial charge is 0.0278 e. The number of hydrogen-bond donors (Lipinski definition) is 1. The van der Waals surface area contributed by atoms with Gasteiger partial charge >= 0.3 is 0 Å². The molecule has 3 nitrogen and oxygen atoms in total. The van der Waals surface area contributed by atoms with E-state index in [4.69, 9.17) is 0 Å². The third kappa shape index (κ3) is 4.94. The molecule has 1 aliphatic heterocycles. The maximum absolute atomic E-state index is 3.63. The van der Waals surface area contributed by atoms with E-state index in [2.05, 4.69) is 49.9 Å². The number of nitrogens with one attached hydrogen (secondary N) is 1. The van der Waals surface area contributed by atoms with Crippen molar-refractivity contribution in [3.05, 3.63) is 0 Å². The molecule has 1 unspecified atom stereocenters. The molecule has 0 radical (unpaired) electrons. The lowest BCUT2D eigenvalue weighted by atomic mass is 10.0. The van der Waals surface area contributed by atoms with Gasteiger partial charge < -0.3 is 10.2 Å². The Morgan fingerprint density at radius 3 is 2.29 bits per heavy atom. The highest BCUT2D eigenvalue weighted by Crippen LogP contribution is 2.15. The summed E-state index contributed by atoms with van der Waals surface area (Å²) in [4.78, 5) is 5.04. The molecule has 102 valence electrons. The van der Waals surface area contributed by atoms with Crippen LogP contribution in [0.1, 0.15) is 34.1 Å². The molecule has 0 amide bonds. The van der Waals surface area contributed by atoms with E-state index in [9.17, 15) is 0 Å². The fourth-order valence-corrected chi connectivity index (χ4v) is 2.29. The normalized spacial score (nSPS) is 21.7. The Kier molecular flexibility index (Phi) is 5.90. The van der Waals surface area contributed by atoms with E-state index in [1.165, 1.54) is 32.6 Å². The van der Waals surface area contributed by atoms with Crippen LogP contribution in [0.25, 0.3) is 0 Å². The lowest BCUT2D eigenvalue weighted by Crippen LogP contribution is -2.57. The minimum atomic E-state index is 0.286. The molecule has 0 aromatic rings. The standard InChI is InChI=1S/C14H31N3/c1-6-13(2)11-15-12-14(3,4)17-9-7-16(5)8-10-17/h13,15H,6-12H2,1-5H3. The molecule has 1 heterocycles. The Labute approximate surface area is 108 Å². The predicted molar refractivity (Wildman–Crippen MR) is 75.5 cm³/mol. The van der Waals surface area contributed by atoms with Crippen molar-refractivity contribution in [2.75, 3.05) is 46.3 Å². The van der Waals surface area contributed by atoms with Gasteiger partial charge in [0.15, 0.2) is 0 Å². The van der Waals surface area contributed by atoms with Gasteiger partial charge in [-0.05, 0) is 33.4 Å². The van der Waals surface area contributed by atoms with E-state index in [1.54, 1.807) is 0 Å². The fraction of sp³-hybridized carbons (Fsp3) is 1.00. The van der Waals surface area contributed by atoms with Gasteiger partial charge in [0, 0.05) is 38.3 Å². The van der Waals surface area contributed by atoms with Gasteiger partial charge in [0.2, 0.25) is 0 Å². The first-order valence-corrected chi connectivity index (χ1v) is 7.10. The Balaban J connectivity index is 2.29. The molecule has 0 spiro atoms. The van der Waals surface area contributed by atoms with Crippen LogP contribution in [-0.2, 0) is 0 Å². The lowest BCUT2D eigenvalue weighted by Gasteiger charge is -2.43. The fourth-order valence-electron chi connectivity index (χ4n) is 2.29. The first kappa shape index (κ1) is 14.9. The third-order valence-electron chi connectivity index (χ3n) is 4.11. The second-order valence-electron chi connectivity index (χ2n) is 6.25. The van der Waals surface area contributed by atoms with Crippen LogP contribution >= 0.6 is 0 Å². The van der Waals surface area contributed by atoms with Gasteiger partial charge in [-0.25, -0.2) is 0 Å². The Bertz CT molecular complexity index is 208. The van der Waals surface area contributed by atoms with Crippen LogP contribution < -0.4 is 5.32 Å². The van der Waals surface area contributed by atoms with E-state index in [1.807, 2.05) is 0 Å². The Hall–Kier alpha value is -0.120. The topological polar surface area (TPSA) is 18.5 Å². The van der Waals surface area contributed by atoms with Crippen molar-refractivity contribution in [1.29, 1.82) is 0 Å². The molecule has 0 bridgehead atoms. The van der Waals surface area contributed by atoms with Crippen LogP contribution in [0, 0.1) is 5.92 Å². The molecule has 17 heavy (non-hydrogen) atoms. The summed E-state index contributed by atoms with van der Waals surface area (Å²) in [5.74, 6) is 0.790. The van der Waals surface area contributed by atoms with E-state index < -0.39 is 0 Å². The highest BCUT2D eigenvalue weighted by Gasteiger charge is 2.28. The summed E-state index contributed by atoms with van der Waals surface area (Å²) >= 11 is 0. The molecule has 3 heteroatoms. The van der Waals surface area contributed by atoms with Crippen LogP contribution in [0.5, 0.6) is 0 Å². The lowest BCUT2D eigenvalue weighted by molar-refractivity contribution is 0.0615. The van der Waals surface area contributed by atoms with Crippen molar-refractivity contribution in [3.8, 4) is 0 Å². The number of nitrogens with zero attached hydrogens (tertiary/aromatic N) is 2. The molecule has 1 aliphatic rings. The van der Waals surface area contributed by atoms with Gasteiger partial charge in [0.05, 0.1) is 0 Å². The molecule has 1 saturated heterocycles. The van der Waals surface area contributed by atoms with Gasteiger partial charge in [-0.3, -0.25) is 4.90 Å². The van der Waals surface area contributed by atoms with Gasteiger partial charge in [0.25, 0.3) is 0 Å². The van der Waals surface area contributed by atoms with Crippen molar-refractivity contribution in [2.24, 2.45) is 5.92 Å². The minimum absolute atomic E-state index is 0.286. The summed E-state index contributed by atoms with van der Waals surface area (Å²) in [7, 11) is 2.21. The summed E-state index contributed by atoms with van der Waals surface area (Å²) < 4.78 is 0. The minimum Gasteiger partial charge on any atom is -0.315 e. The monoisotopic (exact) mass is 241 g/mol. The summed E-state index contributed by atoms with van der Waals surface area (Å²) in [6, 6.07) is 0. The highest BCUT2D eigenvalue weighted by atomic mass is 15.3. The third-order valence-corrected chi connectivity index (χ3v) is 4.11. The Morgan fingerprint density at radius 1 is 1.18 bits per heavy atom. The van der Waals surface area contributed by atoms with Crippen LogP contribution in [-0.4, -0.2) is 61.7 Å². The highest BCUT2D eigenvalue weighted by molar-refractivity contribution is 4.87. The van der Waals surface area contributed by atoms with Crippen LogP contribution in [0.2, 0.25) is 0 Å². The SMILES string of the molecule is CCC(C)CNCC(C)(C)N1CCN(C)CC1. The predicted octanol–water partition coefficient (Wildman–Crippen LogP) is 1.65. The van der Waals surface area contributed by atoms with E-state index >= 15 is 0 Å². The molecule has 1 N–H and O–H groups in total. The molecule has 0 aliphatic carbocycles. The van der Waals surface area contributed by atoms with Gasteiger partial charge in [0.1, 0.15) is 0 Å². The summed E-state index contributed by atoms with van der Waals surface area (Å²) in [6.07, 6.45) is 1.27. The molecular weight excluding hydrogens is 210 g/mol. The van der Waals surface area contributed by atoms with E-state index in [0.29, 0.717) is 0 Å². The van der Waals surface area contributed by atoms with Crippen LogP contribution in [0.15, 0.2) is 0 Å². The maximum Gasteiger partial charge on any atom is 0.0278 e. The van der Waals surface area contributed by atoms with Crippen molar-refractivity contribution in [3.63, 3.8) is 0 Å². The molecule has 1 fully saturated rings.